The van der Waals surface area contributed by atoms with E-state index in [1.165, 1.54) is 18.2 Å². The summed E-state index contributed by atoms with van der Waals surface area (Å²) in [5.74, 6) is -0.851. The van der Waals surface area contributed by atoms with Gasteiger partial charge >= 0.3 is 0 Å². The van der Waals surface area contributed by atoms with Crippen LogP contribution in [0.3, 0.4) is 0 Å². The summed E-state index contributed by atoms with van der Waals surface area (Å²) in [5, 5.41) is 0. The van der Waals surface area contributed by atoms with Crippen molar-refractivity contribution in [1.82, 2.24) is 9.80 Å². The van der Waals surface area contributed by atoms with Crippen molar-refractivity contribution in [3.63, 3.8) is 0 Å². The molecule has 0 spiro atoms. The van der Waals surface area contributed by atoms with Crippen molar-refractivity contribution >= 4 is 33.5 Å². The molecular weight excluding hydrogens is 427 g/mol. The predicted molar refractivity (Wildman–Crippen MR) is 107 cm³/mol. The fourth-order valence-corrected chi connectivity index (χ4v) is 3.39. The molecule has 0 aromatic heterocycles. The third kappa shape index (κ3) is 5.04. The molecule has 7 heteroatoms. The molecule has 5 nitrogen and oxygen atoms in total. The van der Waals surface area contributed by atoms with Crippen molar-refractivity contribution in [1.29, 1.82) is 0 Å². The Morgan fingerprint density at radius 2 is 1.50 bits per heavy atom. The molecule has 0 N–H and O–H groups in total. The van der Waals surface area contributed by atoms with Gasteiger partial charge in [-0.05, 0) is 30.3 Å². The first kappa shape index (κ1) is 20.2. The van der Waals surface area contributed by atoms with Crippen LogP contribution in [0.15, 0.2) is 53.0 Å². The molecule has 0 atom stereocenters. The number of hydrogen-bond acceptors (Lipinski definition) is 3. The van der Waals surface area contributed by atoms with E-state index in [0.717, 1.165) is 4.47 Å². The van der Waals surface area contributed by atoms with E-state index in [1.807, 2.05) is 0 Å². The van der Waals surface area contributed by atoms with E-state index in [1.54, 1.807) is 40.1 Å². The molecular formula is C21H20BrFN2O3. The van der Waals surface area contributed by atoms with Crippen LogP contribution in [0.2, 0.25) is 0 Å². The topological polar surface area (TPSA) is 57.7 Å². The summed E-state index contributed by atoms with van der Waals surface area (Å²) < 4.78 is 14.2. The van der Waals surface area contributed by atoms with Crippen LogP contribution in [0.5, 0.6) is 0 Å². The zero-order valence-corrected chi connectivity index (χ0v) is 16.8. The highest BCUT2D eigenvalue weighted by molar-refractivity contribution is 9.10. The Bertz CT molecular complexity index is 877. The van der Waals surface area contributed by atoms with Gasteiger partial charge in [0.25, 0.3) is 5.91 Å². The summed E-state index contributed by atoms with van der Waals surface area (Å²) in [4.78, 5) is 40.3. The third-order valence-corrected chi connectivity index (χ3v) is 5.25. The lowest BCUT2D eigenvalue weighted by atomic mass is 10.1. The smallest absolute Gasteiger partial charge is 0.254 e. The molecule has 0 aliphatic carbocycles. The number of piperazine rings is 1. The molecule has 1 heterocycles. The van der Waals surface area contributed by atoms with Gasteiger partial charge in [0.15, 0.2) is 5.78 Å². The fourth-order valence-electron chi connectivity index (χ4n) is 3.12. The van der Waals surface area contributed by atoms with E-state index in [4.69, 9.17) is 0 Å². The van der Waals surface area contributed by atoms with Gasteiger partial charge in [-0.2, -0.15) is 0 Å². The Labute approximate surface area is 171 Å². The molecule has 0 radical (unpaired) electrons. The van der Waals surface area contributed by atoms with Crippen molar-refractivity contribution in [3.05, 3.63) is 69.9 Å². The lowest BCUT2D eigenvalue weighted by molar-refractivity contribution is -0.132. The predicted octanol–water partition coefficient (Wildman–Crippen LogP) is 3.54. The largest absolute Gasteiger partial charge is 0.339 e. The van der Waals surface area contributed by atoms with Crippen molar-refractivity contribution in [2.75, 3.05) is 26.2 Å². The summed E-state index contributed by atoms with van der Waals surface area (Å²) >= 11 is 3.32. The van der Waals surface area contributed by atoms with E-state index in [9.17, 15) is 18.8 Å². The molecule has 0 saturated carbocycles. The van der Waals surface area contributed by atoms with Crippen LogP contribution in [-0.4, -0.2) is 53.6 Å². The number of hydrogen-bond donors (Lipinski definition) is 0. The highest BCUT2D eigenvalue weighted by atomic mass is 79.9. The van der Waals surface area contributed by atoms with Crippen LogP contribution in [0.4, 0.5) is 4.39 Å². The molecule has 146 valence electrons. The summed E-state index contributed by atoms with van der Waals surface area (Å²) in [7, 11) is 0. The molecule has 0 bridgehead atoms. The molecule has 2 aromatic rings. The SMILES string of the molecule is O=C(CCC(=O)N1CCN(C(=O)c2cccc(F)c2)CC1)c1ccc(Br)cc1. The number of nitrogens with zero attached hydrogens (tertiary/aromatic N) is 2. The van der Waals surface area contributed by atoms with Crippen molar-refractivity contribution in [3.8, 4) is 0 Å². The van der Waals surface area contributed by atoms with Gasteiger partial charge < -0.3 is 9.80 Å². The number of ketones is 1. The Morgan fingerprint density at radius 1 is 0.857 bits per heavy atom. The Balaban J connectivity index is 1.47. The summed E-state index contributed by atoms with van der Waals surface area (Å²) in [6, 6.07) is 12.6. The molecule has 1 aliphatic heterocycles. The van der Waals surface area contributed by atoms with Crippen LogP contribution in [0.1, 0.15) is 33.6 Å². The van der Waals surface area contributed by atoms with Crippen LogP contribution in [-0.2, 0) is 4.79 Å². The number of benzene rings is 2. The minimum absolute atomic E-state index is 0.0687. The third-order valence-electron chi connectivity index (χ3n) is 4.72. The van der Waals surface area contributed by atoms with Gasteiger partial charge in [-0.25, -0.2) is 4.39 Å². The fraction of sp³-hybridized carbons (Fsp3) is 0.286. The number of carbonyl (C=O) groups excluding carboxylic acids is 3. The van der Waals surface area contributed by atoms with E-state index >= 15 is 0 Å². The van der Waals surface area contributed by atoms with Crippen molar-refractivity contribution in [2.24, 2.45) is 0 Å². The number of Topliss-reactive ketones (excluding diaryl/α,β-unsaturated/α-hetero) is 1. The average molecular weight is 447 g/mol. The van der Waals surface area contributed by atoms with Gasteiger partial charge in [0.05, 0.1) is 0 Å². The van der Waals surface area contributed by atoms with Crippen molar-refractivity contribution < 1.29 is 18.8 Å². The molecule has 0 unspecified atom stereocenters. The number of halogens is 2. The van der Waals surface area contributed by atoms with Gasteiger partial charge in [0, 0.05) is 54.6 Å². The maximum absolute atomic E-state index is 13.3. The number of carbonyl (C=O) groups is 3. The molecule has 2 amide bonds. The Kier molecular flexibility index (Phi) is 6.57. The standard InChI is InChI=1S/C21H20BrFN2O3/c22-17-6-4-15(5-7-17)19(26)8-9-20(27)24-10-12-25(13-11-24)21(28)16-2-1-3-18(23)14-16/h1-7,14H,8-13H2. The maximum Gasteiger partial charge on any atom is 0.254 e. The number of amides is 2. The molecule has 3 rings (SSSR count). The first-order chi connectivity index (χ1) is 13.4. The monoisotopic (exact) mass is 446 g/mol. The second kappa shape index (κ2) is 9.10. The zero-order valence-electron chi connectivity index (χ0n) is 15.2. The van der Waals surface area contributed by atoms with Crippen LogP contribution in [0, 0.1) is 5.82 Å². The second-order valence-corrected chi connectivity index (χ2v) is 7.53. The Hall–Kier alpha value is -2.54. The van der Waals surface area contributed by atoms with Gasteiger partial charge in [0.1, 0.15) is 5.82 Å². The van der Waals surface area contributed by atoms with E-state index < -0.39 is 5.82 Å². The van der Waals surface area contributed by atoms with E-state index in [-0.39, 0.29) is 30.4 Å². The number of rotatable bonds is 5. The second-order valence-electron chi connectivity index (χ2n) is 6.61. The lowest BCUT2D eigenvalue weighted by Gasteiger charge is -2.35. The molecule has 1 fully saturated rings. The van der Waals surface area contributed by atoms with Crippen molar-refractivity contribution in [2.45, 2.75) is 12.8 Å². The van der Waals surface area contributed by atoms with Crippen LogP contribution < -0.4 is 0 Å². The zero-order chi connectivity index (χ0) is 20.1. The van der Waals surface area contributed by atoms with Crippen LogP contribution >= 0.6 is 15.9 Å². The lowest BCUT2D eigenvalue weighted by Crippen LogP contribution is -2.50. The minimum atomic E-state index is -0.449. The van der Waals surface area contributed by atoms with Gasteiger partial charge in [-0.15, -0.1) is 0 Å². The molecule has 1 saturated heterocycles. The normalized spacial score (nSPS) is 14.1. The molecule has 1 aliphatic rings. The summed E-state index contributed by atoms with van der Waals surface area (Å²) in [6.45, 7) is 1.60. The first-order valence-corrected chi connectivity index (χ1v) is 9.85. The van der Waals surface area contributed by atoms with E-state index in [0.29, 0.717) is 37.3 Å². The summed E-state index contributed by atoms with van der Waals surface area (Å²) in [5.41, 5.74) is 0.890. The minimum Gasteiger partial charge on any atom is -0.339 e. The van der Waals surface area contributed by atoms with Gasteiger partial charge in [-0.1, -0.05) is 34.1 Å². The Morgan fingerprint density at radius 3 is 2.14 bits per heavy atom. The van der Waals surface area contributed by atoms with Crippen LogP contribution in [0.25, 0.3) is 0 Å². The summed E-state index contributed by atoms with van der Waals surface area (Å²) in [6.07, 6.45) is 0.301. The van der Waals surface area contributed by atoms with E-state index in [2.05, 4.69) is 15.9 Å². The quantitative estimate of drug-likeness (QED) is 0.659. The maximum atomic E-state index is 13.3. The molecule has 2 aromatic carbocycles. The highest BCUT2D eigenvalue weighted by Crippen LogP contribution is 2.14. The first-order valence-electron chi connectivity index (χ1n) is 9.05. The molecule has 28 heavy (non-hydrogen) atoms. The highest BCUT2D eigenvalue weighted by Gasteiger charge is 2.25. The average Bonchev–Trinajstić information content (AvgIpc) is 2.72. The van der Waals surface area contributed by atoms with Gasteiger partial charge in [-0.3, -0.25) is 14.4 Å². The van der Waals surface area contributed by atoms with Gasteiger partial charge in [0.2, 0.25) is 5.91 Å².